The first-order valence-corrected chi connectivity index (χ1v) is 10.8. The van der Waals surface area contributed by atoms with E-state index in [1.165, 1.54) is 48.6 Å². The van der Waals surface area contributed by atoms with Crippen LogP contribution >= 0.6 is 0 Å². The van der Waals surface area contributed by atoms with E-state index in [-0.39, 0.29) is 22.6 Å². The average Bonchev–Trinajstić information content (AvgIpc) is 2.73. The fourth-order valence-corrected chi connectivity index (χ4v) is 4.98. The van der Waals surface area contributed by atoms with Crippen LogP contribution in [0.2, 0.25) is 0 Å². The Morgan fingerprint density at radius 2 is 1.17 bits per heavy atom. The summed E-state index contributed by atoms with van der Waals surface area (Å²) in [5.74, 6) is -0.488. The molecule has 0 unspecified atom stereocenters. The average molecular weight is 493 g/mol. The second kappa shape index (κ2) is 8.70. The van der Waals surface area contributed by atoms with Crippen LogP contribution in [0.15, 0.2) is 60.7 Å². The van der Waals surface area contributed by atoms with Gasteiger partial charge in [-0.15, -0.1) is 0 Å². The summed E-state index contributed by atoms with van der Waals surface area (Å²) in [7, 11) is 0. The van der Waals surface area contributed by atoms with E-state index in [9.17, 15) is 35.9 Å². The highest BCUT2D eigenvalue weighted by atomic mass is 19.4. The van der Waals surface area contributed by atoms with Crippen molar-refractivity contribution in [1.29, 1.82) is 0 Å². The molecule has 0 aromatic heterocycles. The van der Waals surface area contributed by atoms with Crippen LogP contribution < -0.4 is 5.32 Å². The predicted octanol–water partition coefficient (Wildman–Crippen LogP) is 6.45. The van der Waals surface area contributed by atoms with E-state index >= 15 is 0 Å². The van der Waals surface area contributed by atoms with E-state index in [1.807, 2.05) is 0 Å². The number of nitrogens with one attached hydrogen (secondary N) is 1. The minimum atomic E-state index is -4.42. The Kier molecular flexibility index (Phi) is 6.15. The van der Waals surface area contributed by atoms with E-state index in [0.717, 1.165) is 24.3 Å². The van der Waals surface area contributed by atoms with Crippen molar-refractivity contribution in [2.45, 2.75) is 43.6 Å². The van der Waals surface area contributed by atoms with Crippen molar-refractivity contribution >= 4 is 23.8 Å². The molecule has 0 atom stereocenters. The lowest BCUT2D eigenvalue weighted by atomic mass is 9.38. The minimum Gasteiger partial charge on any atom is -0.347 e. The van der Waals surface area contributed by atoms with Gasteiger partial charge in [-0.2, -0.15) is 26.3 Å². The number of allylic oxidation sites excluding steroid dienone is 1. The van der Waals surface area contributed by atoms with Crippen molar-refractivity contribution in [2.75, 3.05) is 0 Å². The molecule has 3 aliphatic rings. The van der Waals surface area contributed by atoms with Gasteiger partial charge >= 0.3 is 12.4 Å². The second-order valence-electron chi connectivity index (χ2n) is 9.35. The number of carbonyl (C=O) groups is 2. The number of ketones is 1. The lowest BCUT2D eigenvalue weighted by molar-refractivity contribution is -0.168. The molecule has 0 heterocycles. The summed E-state index contributed by atoms with van der Waals surface area (Å²) in [5.41, 5.74) is -1.09. The number of rotatable bonds is 7. The highest BCUT2D eigenvalue weighted by molar-refractivity contribution is 5.95. The largest absolute Gasteiger partial charge is 0.416 e. The van der Waals surface area contributed by atoms with Gasteiger partial charge in [-0.25, -0.2) is 0 Å². The summed E-state index contributed by atoms with van der Waals surface area (Å²) >= 11 is 0. The number of benzene rings is 2. The molecule has 0 saturated heterocycles. The van der Waals surface area contributed by atoms with Gasteiger partial charge in [0.15, 0.2) is 5.78 Å². The maximum Gasteiger partial charge on any atom is 0.416 e. The van der Waals surface area contributed by atoms with Gasteiger partial charge < -0.3 is 5.32 Å². The summed E-state index contributed by atoms with van der Waals surface area (Å²) in [6.07, 6.45) is -1.02. The van der Waals surface area contributed by atoms with Crippen LogP contribution in [0.1, 0.15) is 47.9 Å². The molecule has 9 heteroatoms. The van der Waals surface area contributed by atoms with Gasteiger partial charge in [0.25, 0.3) is 0 Å². The van der Waals surface area contributed by atoms with Gasteiger partial charge in [-0.3, -0.25) is 9.59 Å². The van der Waals surface area contributed by atoms with E-state index in [0.29, 0.717) is 36.8 Å². The zero-order valence-corrected chi connectivity index (χ0v) is 18.3. The molecule has 3 fully saturated rings. The standard InChI is InChI=1S/C26H21F6NO2/c27-25(28,29)19-7-1-17(2-8-19)5-11-21(34)13-23-14-24(15-23,16-23)33-22(35)12-6-18-3-9-20(10-4-18)26(30,31)32/h1-12H,13-16H2,(H,33,35)/b11-5+,12-6+. The normalized spacial score (nSPS) is 23.7. The first-order valence-electron chi connectivity index (χ1n) is 10.8. The van der Waals surface area contributed by atoms with Crippen molar-refractivity contribution in [2.24, 2.45) is 5.41 Å². The molecule has 5 rings (SSSR count). The zero-order chi connectivity index (χ0) is 25.5. The Labute approximate surface area is 197 Å². The highest BCUT2D eigenvalue weighted by Crippen LogP contribution is 2.69. The molecule has 0 spiro atoms. The number of alkyl halides is 6. The molecule has 2 bridgehead atoms. The fourth-order valence-electron chi connectivity index (χ4n) is 4.98. The Bertz CT molecular complexity index is 1060. The van der Waals surface area contributed by atoms with Crippen molar-refractivity contribution < 1.29 is 35.9 Å². The Morgan fingerprint density at radius 3 is 1.60 bits per heavy atom. The van der Waals surface area contributed by atoms with Crippen LogP contribution in [0, 0.1) is 5.41 Å². The molecule has 2 aromatic carbocycles. The lowest BCUT2D eigenvalue weighted by Crippen LogP contribution is -2.74. The highest BCUT2D eigenvalue weighted by Gasteiger charge is 2.68. The topological polar surface area (TPSA) is 46.2 Å². The smallest absolute Gasteiger partial charge is 0.347 e. The third-order valence-electron chi connectivity index (χ3n) is 6.44. The maximum atomic E-state index is 12.6. The first kappa shape index (κ1) is 24.8. The van der Waals surface area contributed by atoms with Crippen LogP contribution in [-0.2, 0) is 21.9 Å². The fraction of sp³-hybridized carbons (Fsp3) is 0.308. The van der Waals surface area contributed by atoms with Crippen molar-refractivity contribution in [3.05, 3.63) is 82.9 Å². The maximum absolute atomic E-state index is 12.6. The molecule has 1 N–H and O–H groups in total. The van der Waals surface area contributed by atoms with Crippen LogP contribution in [0.3, 0.4) is 0 Å². The van der Waals surface area contributed by atoms with Gasteiger partial charge in [-0.1, -0.05) is 30.3 Å². The van der Waals surface area contributed by atoms with Crippen LogP contribution in [0.4, 0.5) is 26.3 Å². The first-order chi connectivity index (χ1) is 16.3. The zero-order valence-electron chi connectivity index (χ0n) is 18.3. The number of amides is 1. The number of hydrogen-bond acceptors (Lipinski definition) is 2. The van der Waals surface area contributed by atoms with Gasteiger partial charge in [0.05, 0.1) is 11.1 Å². The van der Waals surface area contributed by atoms with Gasteiger partial charge in [0.2, 0.25) is 5.91 Å². The van der Waals surface area contributed by atoms with Crippen LogP contribution in [0.5, 0.6) is 0 Å². The van der Waals surface area contributed by atoms with Crippen LogP contribution in [-0.4, -0.2) is 17.2 Å². The van der Waals surface area contributed by atoms with E-state index in [2.05, 4.69) is 5.32 Å². The molecule has 0 radical (unpaired) electrons. The summed E-state index contributed by atoms with van der Waals surface area (Å²) in [5, 5.41) is 2.91. The molecular weight excluding hydrogens is 472 g/mol. The third-order valence-corrected chi connectivity index (χ3v) is 6.44. The van der Waals surface area contributed by atoms with E-state index < -0.39 is 23.5 Å². The molecule has 0 aliphatic heterocycles. The van der Waals surface area contributed by atoms with E-state index in [4.69, 9.17) is 0 Å². The van der Waals surface area contributed by atoms with E-state index in [1.54, 1.807) is 0 Å². The number of hydrogen-bond donors (Lipinski definition) is 1. The van der Waals surface area contributed by atoms with Gasteiger partial charge in [0.1, 0.15) is 0 Å². The molecule has 35 heavy (non-hydrogen) atoms. The molecule has 1 amide bonds. The molecule has 3 nitrogen and oxygen atoms in total. The Balaban J connectivity index is 1.23. The monoisotopic (exact) mass is 493 g/mol. The molecule has 3 aliphatic carbocycles. The Hall–Kier alpha value is -3.36. The summed E-state index contributed by atoms with van der Waals surface area (Å²) in [6, 6.07) is 9.00. The molecule has 2 aromatic rings. The van der Waals surface area contributed by atoms with Gasteiger partial charge in [-0.05, 0) is 72.2 Å². The summed E-state index contributed by atoms with van der Waals surface area (Å²) in [6.45, 7) is 0. The number of carbonyl (C=O) groups excluding carboxylic acids is 2. The van der Waals surface area contributed by atoms with Crippen molar-refractivity contribution in [3.63, 3.8) is 0 Å². The summed E-state index contributed by atoms with van der Waals surface area (Å²) in [4.78, 5) is 24.5. The molecule has 184 valence electrons. The number of halogens is 6. The Morgan fingerprint density at radius 1 is 0.743 bits per heavy atom. The van der Waals surface area contributed by atoms with Crippen molar-refractivity contribution in [1.82, 2.24) is 5.32 Å². The van der Waals surface area contributed by atoms with Crippen molar-refractivity contribution in [3.8, 4) is 0 Å². The second-order valence-corrected chi connectivity index (χ2v) is 9.35. The predicted molar refractivity (Wildman–Crippen MR) is 118 cm³/mol. The van der Waals surface area contributed by atoms with Crippen LogP contribution in [0.25, 0.3) is 12.2 Å². The third kappa shape index (κ3) is 5.66. The molecule has 3 saturated carbocycles. The summed E-state index contributed by atoms with van der Waals surface area (Å²) < 4.78 is 75.7. The quantitative estimate of drug-likeness (QED) is 0.356. The molecular formula is C26H21F6NO2. The lowest BCUT2D eigenvalue weighted by Gasteiger charge is -2.70. The minimum absolute atomic E-state index is 0.133. The SMILES string of the molecule is O=C(/C=C/c1ccc(C(F)(F)F)cc1)CC12CC(NC(=O)/C=C/c3ccc(C(F)(F)F)cc3)(C1)C2. The van der Waals surface area contributed by atoms with Gasteiger partial charge in [0, 0.05) is 18.0 Å².